The zero-order valence-electron chi connectivity index (χ0n) is 12.9. The van der Waals surface area contributed by atoms with Gasteiger partial charge in [0, 0.05) is 18.7 Å². The van der Waals surface area contributed by atoms with Crippen LogP contribution in [-0.4, -0.2) is 26.8 Å². The van der Waals surface area contributed by atoms with E-state index in [0.29, 0.717) is 12.5 Å². The number of carbonyl (C=O) groups excluding carboxylic acids is 1. The van der Waals surface area contributed by atoms with Crippen molar-refractivity contribution in [1.82, 2.24) is 15.1 Å². The number of benzene rings is 1. The standard InChI is InChI=1S/C17H19N3O3/c1-11(13-5-6-13)16(21)18-10-12-3-2-4-14(9-12)20-8-7-15(19-20)17(22)23/h2-4,7-9,11,13H,5-6,10H2,1H3,(H,18,21)(H,22,23). The Labute approximate surface area is 134 Å². The van der Waals surface area contributed by atoms with E-state index in [1.165, 1.54) is 10.7 Å². The van der Waals surface area contributed by atoms with Gasteiger partial charge >= 0.3 is 5.97 Å². The molecule has 1 heterocycles. The van der Waals surface area contributed by atoms with Crippen molar-refractivity contribution in [2.45, 2.75) is 26.3 Å². The number of nitrogens with one attached hydrogen (secondary N) is 1. The third kappa shape index (κ3) is 3.59. The molecule has 1 aromatic heterocycles. The summed E-state index contributed by atoms with van der Waals surface area (Å²) in [5, 5.41) is 15.9. The predicted octanol–water partition coefficient (Wildman–Crippen LogP) is 2.23. The highest BCUT2D eigenvalue weighted by atomic mass is 16.4. The first-order valence-corrected chi connectivity index (χ1v) is 7.70. The van der Waals surface area contributed by atoms with Crippen molar-refractivity contribution in [3.05, 3.63) is 47.8 Å². The lowest BCUT2D eigenvalue weighted by atomic mass is 10.1. The van der Waals surface area contributed by atoms with E-state index in [2.05, 4.69) is 10.4 Å². The molecule has 120 valence electrons. The van der Waals surface area contributed by atoms with Crippen LogP contribution in [0.25, 0.3) is 5.69 Å². The number of rotatable bonds is 6. The molecule has 0 spiro atoms. The molecular formula is C17H19N3O3. The average molecular weight is 313 g/mol. The van der Waals surface area contributed by atoms with Gasteiger partial charge in [-0.05, 0) is 42.5 Å². The van der Waals surface area contributed by atoms with E-state index >= 15 is 0 Å². The van der Waals surface area contributed by atoms with Crippen molar-refractivity contribution >= 4 is 11.9 Å². The Morgan fingerprint density at radius 3 is 2.83 bits per heavy atom. The molecule has 0 bridgehead atoms. The highest BCUT2D eigenvalue weighted by Crippen LogP contribution is 2.36. The van der Waals surface area contributed by atoms with Crippen LogP contribution in [0.5, 0.6) is 0 Å². The van der Waals surface area contributed by atoms with Crippen molar-refractivity contribution in [2.75, 3.05) is 0 Å². The number of aromatic nitrogens is 2. The molecule has 1 aromatic carbocycles. The molecule has 23 heavy (non-hydrogen) atoms. The molecule has 0 radical (unpaired) electrons. The van der Waals surface area contributed by atoms with Gasteiger partial charge in [-0.15, -0.1) is 0 Å². The van der Waals surface area contributed by atoms with Gasteiger partial charge in [-0.25, -0.2) is 9.48 Å². The molecule has 6 heteroatoms. The van der Waals surface area contributed by atoms with Crippen molar-refractivity contribution in [2.24, 2.45) is 11.8 Å². The van der Waals surface area contributed by atoms with E-state index < -0.39 is 5.97 Å². The Balaban J connectivity index is 1.66. The van der Waals surface area contributed by atoms with Gasteiger partial charge in [-0.3, -0.25) is 4.79 Å². The van der Waals surface area contributed by atoms with E-state index in [-0.39, 0.29) is 17.5 Å². The maximum atomic E-state index is 12.0. The van der Waals surface area contributed by atoms with Crippen molar-refractivity contribution < 1.29 is 14.7 Å². The highest BCUT2D eigenvalue weighted by molar-refractivity contribution is 5.85. The minimum atomic E-state index is -1.05. The molecule has 1 aliphatic rings. The molecule has 2 aromatic rings. The van der Waals surface area contributed by atoms with Gasteiger partial charge in [0.15, 0.2) is 5.69 Å². The first kappa shape index (κ1) is 15.3. The summed E-state index contributed by atoms with van der Waals surface area (Å²) in [7, 11) is 0. The second-order valence-electron chi connectivity index (χ2n) is 5.96. The number of carboxylic acid groups (broad SMARTS) is 1. The summed E-state index contributed by atoms with van der Waals surface area (Å²) in [4.78, 5) is 22.9. The third-order valence-corrected chi connectivity index (χ3v) is 4.19. The fraction of sp³-hybridized carbons (Fsp3) is 0.353. The van der Waals surface area contributed by atoms with Crippen LogP contribution in [0.4, 0.5) is 0 Å². The fourth-order valence-electron chi connectivity index (χ4n) is 2.55. The molecule has 0 saturated heterocycles. The Morgan fingerprint density at radius 1 is 1.39 bits per heavy atom. The molecule has 1 amide bonds. The monoisotopic (exact) mass is 313 g/mol. The summed E-state index contributed by atoms with van der Waals surface area (Å²) in [6.45, 7) is 2.43. The van der Waals surface area contributed by atoms with Gasteiger partial charge in [0.05, 0.1) is 5.69 Å². The van der Waals surface area contributed by atoms with Crippen LogP contribution in [0, 0.1) is 11.8 Å². The van der Waals surface area contributed by atoms with Crippen LogP contribution < -0.4 is 5.32 Å². The molecular weight excluding hydrogens is 294 g/mol. The summed E-state index contributed by atoms with van der Waals surface area (Å²) in [6.07, 6.45) is 3.90. The number of nitrogens with zero attached hydrogens (tertiary/aromatic N) is 2. The van der Waals surface area contributed by atoms with Crippen LogP contribution in [0.3, 0.4) is 0 Å². The van der Waals surface area contributed by atoms with Gasteiger partial charge < -0.3 is 10.4 Å². The number of hydrogen-bond acceptors (Lipinski definition) is 3. The van der Waals surface area contributed by atoms with Crippen LogP contribution in [0.2, 0.25) is 0 Å². The third-order valence-electron chi connectivity index (χ3n) is 4.19. The maximum Gasteiger partial charge on any atom is 0.356 e. The summed E-state index contributed by atoms with van der Waals surface area (Å²) < 4.78 is 1.52. The number of carboxylic acids is 1. The first-order valence-electron chi connectivity index (χ1n) is 7.70. The Hall–Kier alpha value is -2.63. The summed E-state index contributed by atoms with van der Waals surface area (Å²) in [5.41, 5.74) is 1.72. The second kappa shape index (κ2) is 6.24. The van der Waals surface area contributed by atoms with Crippen LogP contribution >= 0.6 is 0 Å². The summed E-state index contributed by atoms with van der Waals surface area (Å²) in [6, 6.07) is 8.97. The molecule has 0 aliphatic heterocycles. The fourth-order valence-corrected chi connectivity index (χ4v) is 2.55. The van der Waals surface area contributed by atoms with Gasteiger partial charge in [0.2, 0.25) is 5.91 Å². The number of aromatic carboxylic acids is 1. The quantitative estimate of drug-likeness (QED) is 0.856. The zero-order valence-corrected chi connectivity index (χ0v) is 12.9. The maximum absolute atomic E-state index is 12.0. The molecule has 1 unspecified atom stereocenters. The second-order valence-corrected chi connectivity index (χ2v) is 5.96. The van der Waals surface area contributed by atoms with Gasteiger partial charge in [-0.2, -0.15) is 5.10 Å². The largest absolute Gasteiger partial charge is 0.476 e. The molecule has 2 N–H and O–H groups in total. The van der Waals surface area contributed by atoms with Crippen molar-refractivity contribution in [3.63, 3.8) is 0 Å². The lowest BCUT2D eigenvalue weighted by Gasteiger charge is -2.11. The van der Waals surface area contributed by atoms with Gasteiger partial charge in [0.25, 0.3) is 0 Å². The minimum Gasteiger partial charge on any atom is -0.476 e. The normalized spacial score (nSPS) is 15.2. The van der Waals surface area contributed by atoms with E-state index in [1.54, 1.807) is 6.20 Å². The minimum absolute atomic E-state index is 0.00182. The molecule has 1 atom stereocenters. The Bertz CT molecular complexity index is 734. The van der Waals surface area contributed by atoms with Gasteiger partial charge in [0.1, 0.15) is 0 Å². The van der Waals surface area contributed by atoms with Crippen LogP contribution in [-0.2, 0) is 11.3 Å². The van der Waals surface area contributed by atoms with Crippen molar-refractivity contribution in [1.29, 1.82) is 0 Å². The van der Waals surface area contributed by atoms with E-state index in [1.807, 2.05) is 31.2 Å². The molecule has 1 aliphatic carbocycles. The molecule has 1 saturated carbocycles. The van der Waals surface area contributed by atoms with Crippen LogP contribution in [0.15, 0.2) is 36.5 Å². The molecule has 6 nitrogen and oxygen atoms in total. The first-order chi connectivity index (χ1) is 11.0. The molecule has 3 rings (SSSR count). The highest BCUT2D eigenvalue weighted by Gasteiger charge is 2.32. The molecule has 1 fully saturated rings. The zero-order chi connectivity index (χ0) is 16.4. The average Bonchev–Trinajstić information content (AvgIpc) is 3.28. The SMILES string of the molecule is CC(C(=O)NCc1cccc(-n2ccc(C(=O)O)n2)c1)C1CC1. The lowest BCUT2D eigenvalue weighted by molar-refractivity contribution is -0.125. The lowest BCUT2D eigenvalue weighted by Crippen LogP contribution is -2.29. The number of hydrogen-bond donors (Lipinski definition) is 2. The number of carbonyl (C=O) groups is 2. The smallest absolute Gasteiger partial charge is 0.356 e. The topological polar surface area (TPSA) is 84.2 Å². The van der Waals surface area contributed by atoms with E-state index in [4.69, 9.17) is 5.11 Å². The van der Waals surface area contributed by atoms with E-state index in [0.717, 1.165) is 24.1 Å². The summed E-state index contributed by atoms with van der Waals surface area (Å²) >= 11 is 0. The van der Waals surface area contributed by atoms with E-state index in [9.17, 15) is 9.59 Å². The predicted molar refractivity (Wildman–Crippen MR) is 84.3 cm³/mol. The van der Waals surface area contributed by atoms with Crippen molar-refractivity contribution in [3.8, 4) is 5.69 Å². The number of amides is 1. The Morgan fingerprint density at radius 2 is 2.17 bits per heavy atom. The Kier molecular flexibility index (Phi) is 4.14. The van der Waals surface area contributed by atoms with Gasteiger partial charge in [-0.1, -0.05) is 19.1 Å². The summed E-state index contributed by atoms with van der Waals surface area (Å²) in [5.74, 6) is -0.353. The van der Waals surface area contributed by atoms with Crippen LogP contribution in [0.1, 0.15) is 35.8 Å².